The Morgan fingerprint density at radius 2 is 1.95 bits per heavy atom. The number of hydrogen-bond donors (Lipinski definition) is 1. The minimum absolute atomic E-state index is 0.0118. The molecule has 0 aliphatic rings. The fraction of sp³-hybridized carbons (Fsp3) is 0.0833. The summed E-state index contributed by atoms with van der Waals surface area (Å²) >= 11 is 0. The van der Waals surface area contributed by atoms with E-state index in [1.54, 1.807) is 0 Å². The Hall–Kier alpha value is -2.84. The molecule has 2 N–H and O–H groups in total. The second-order valence-corrected chi connectivity index (χ2v) is 3.94. The van der Waals surface area contributed by atoms with Gasteiger partial charge in [-0.2, -0.15) is 0 Å². The van der Waals surface area contributed by atoms with Crippen LogP contribution in [-0.2, 0) is 0 Å². The minimum atomic E-state index is -4.85. The summed E-state index contributed by atoms with van der Waals surface area (Å²) in [6.07, 6.45) is -4.85. The summed E-state index contributed by atoms with van der Waals surface area (Å²) in [7, 11) is 0. The molecule has 1 aromatic heterocycles. The van der Waals surface area contributed by atoms with Gasteiger partial charge in [-0.15, -0.1) is 13.2 Å². The molecule has 0 amide bonds. The van der Waals surface area contributed by atoms with Crippen LogP contribution in [0.1, 0.15) is 0 Å². The van der Waals surface area contributed by atoms with Gasteiger partial charge in [0.1, 0.15) is 11.6 Å². The van der Waals surface area contributed by atoms with Crippen LogP contribution in [0, 0.1) is 10.1 Å². The second kappa shape index (κ2) is 5.27. The zero-order chi connectivity index (χ0) is 15.6. The van der Waals surface area contributed by atoms with Gasteiger partial charge in [-0.1, -0.05) is 12.1 Å². The van der Waals surface area contributed by atoms with Crippen LogP contribution in [-0.4, -0.2) is 16.3 Å². The summed E-state index contributed by atoms with van der Waals surface area (Å²) in [6, 6.07) is 7.09. The average molecular weight is 299 g/mol. The molecule has 1 aromatic carbocycles. The van der Waals surface area contributed by atoms with Crippen LogP contribution in [0.2, 0.25) is 0 Å². The third-order valence-corrected chi connectivity index (χ3v) is 2.43. The third-order valence-electron chi connectivity index (χ3n) is 2.43. The van der Waals surface area contributed by atoms with Crippen molar-refractivity contribution in [2.75, 3.05) is 5.73 Å². The number of nitrogens with two attached hydrogens (primary N) is 1. The van der Waals surface area contributed by atoms with Crippen LogP contribution in [0.4, 0.5) is 24.7 Å². The van der Waals surface area contributed by atoms with Crippen LogP contribution in [0.25, 0.3) is 11.3 Å². The summed E-state index contributed by atoms with van der Waals surface area (Å²) in [5.41, 5.74) is 5.05. The number of pyridine rings is 1. The zero-order valence-electron chi connectivity index (χ0n) is 10.3. The molecule has 0 fully saturated rings. The van der Waals surface area contributed by atoms with Crippen LogP contribution in [0.3, 0.4) is 0 Å². The zero-order valence-corrected chi connectivity index (χ0v) is 10.3. The first-order valence-corrected chi connectivity index (χ1v) is 5.53. The molecule has 6 nitrogen and oxygen atoms in total. The predicted octanol–water partition coefficient (Wildman–Crippen LogP) is 3.14. The monoisotopic (exact) mass is 299 g/mol. The van der Waals surface area contributed by atoms with Crippen molar-refractivity contribution in [2.45, 2.75) is 6.36 Å². The summed E-state index contributed by atoms with van der Waals surface area (Å²) in [5.74, 6) is -0.490. The Morgan fingerprint density at radius 3 is 2.57 bits per heavy atom. The lowest BCUT2D eigenvalue weighted by molar-refractivity contribution is -0.384. The molecule has 0 spiro atoms. The van der Waals surface area contributed by atoms with Gasteiger partial charge in [0.15, 0.2) is 5.69 Å². The van der Waals surface area contributed by atoms with Crippen LogP contribution >= 0.6 is 0 Å². The van der Waals surface area contributed by atoms with E-state index in [1.165, 1.54) is 18.2 Å². The number of nitrogens with zero attached hydrogens (tertiary/aromatic N) is 2. The van der Waals surface area contributed by atoms with Crippen LogP contribution in [0.15, 0.2) is 36.4 Å². The summed E-state index contributed by atoms with van der Waals surface area (Å²) in [6.45, 7) is 0. The fourth-order valence-corrected chi connectivity index (χ4v) is 1.67. The quantitative estimate of drug-likeness (QED) is 0.694. The highest BCUT2D eigenvalue weighted by atomic mass is 19.4. The van der Waals surface area contributed by atoms with Gasteiger partial charge in [-0.05, 0) is 18.2 Å². The molecule has 2 rings (SSSR count). The van der Waals surface area contributed by atoms with E-state index in [-0.39, 0.29) is 22.8 Å². The Morgan fingerprint density at radius 1 is 1.24 bits per heavy atom. The smallest absolute Gasteiger partial charge is 0.406 e. The Balaban J connectivity index is 2.50. The summed E-state index contributed by atoms with van der Waals surface area (Å²) in [5, 5.41) is 10.9. The maximum Gasteiger partial charge on any atom is 0.573 e. The molecule has 0 aliphatic heterocycles. The van der Waals surface area contributed by atoms with E-state index in [4.69, 9.17) is 5.73 Å². The van der Waals surface area contributed by atoms with Crippen molar-refractivity contribution in [1.29, 1.82) is 0 Å². The number of benzene rings is 1. The highest BCUT2D eigenvalue weighted by Crippen LogP contribution is 2.32. The molecule has 0 aliphatic carbocycles. The normalized spacial score (nSPS) is 11.2. The first-order chi connectivity index (χ1) is 9.76. The molecule has 0 atom stereocenters. The van der Waals surface area contributed by atoms with Crippen molar-refractivity contribution in [3.05, 3.63) is 46.5 Å². The lowest BCUT2D eigenvalue weighted by atomic mass is 10.1. The highest BCUT2D eigenvalue weighted by molar-refractivity contribution is 5.72. The van der Waals surface area contributed by atoms with E-state index in [0.717, 1.165) is 18.2 Å². The molecule has 0 saturated carbocycles. The first-order valence-electron chi connectivity index (χ1n) is 5.53. The Bertz CT molecular complexity index is 689. The number of ether oxygens (including phenoxy) is 1. The van der Waals surface area contributed by atoms with Gasteiger partial charge < -0.3 is 10.5 Å². The Labute approximate surface area is 116 Å². The standard InChI is InChI=1S/C12H8F3N3O3/c13-12(14,15)21-8-3-1-2-7(6-8)11-9(18(19)20)4-5-10(16)17-11/h1-6H,(H2,16,17). The average Bonchev–Trinajstić information content (AvgIpc) is 2.36. The van der Waals surface area contributed by atoms with Crippen molar-refractivity contribution in [3.8, 4) is 17.0 Å². The molecule has 0 saturated heterocycles. The van der Waals surface area contributed by atoms with Crippen LogP contribution < -0.4 is 10.5 Å². The number of aromatic nitrogens is 1. The minimum Gasteiger partial charge on any atom is -0.406 e. The van der Waals surface area contributed by atoms with Crippen molar-refractivity contribution in [2.24, 2.45) is 0 Å². The molecular formula is C12H8F3N3O3. The predicted molar refractivity (Wildman–Crippen MR) is 67.4 cm³/mol. The Kier molecular flexibility index (Phi) is 3.66. The van der Waals surface area contributed by atoms with E-state index in [1.807, 2.05) is 0 Å². The van der Waals surface area contributed by atoms with Crippen molar-refractivity contribution in [1.82, 2.24) is 4.98 Å². The number of anilines is 1. The van der Waals surface area contributed by atoms with Gasteiger partial charge >= 0.3 is 6.36 Å². The van der Waals surface area contributed by atoms with Gasteiger partial charge in [0.25, 0.3) is 5.69 Å². The SMILES string of the molecule is Nc1ccc([N+](=O)[O-])c(-c2cccc(OC(F)(F)F)c2)n1. The second-order valence-electron chi connectivity index (χ2n) is 3.94. The molecule has 110 valence electrons. The number of rotatable bonds is 3. The highest BCUT2D eigenvalue weighted by Gasteiger charge is 2.31. The number of hydrogen-bond acceptors (Lipinski definition) is 5. The topological polar surface area (TPSA) is 91.3 Å². The molecule has 1 heterocycles. The van der Waals surface area contributed by atoms with E-state index < -0.39 is 17.0 Å². The van der Waals surface area contributed by atoms with Crippen molar-refractivity contribution < 1.29 is 22.8 Å². The van der Waals surface area contributed by atoms with E-state index in [2.05, 4.69) is 9.72 Å². The maximum atomic E-state index is 12.2. The lowest BCUT2D eigenvalue weighted by Crippen LogP contribution is -2.17. The summed E-state index contributed by atoms with van der Waals surface area (Å²) in [4.78, 5) is 14.0. The molecular weight excluding hydrogens is 291 g/mol. The summed E-state index contributed by atoms with van der Waals surface area (Å²) < 4.78 is 40.3. The molecule has 2 aromatic rings. The number of nitro groups is 1. The van der Waals surface area contributed by atoms with Gasteiger partial charge in [-0.25, -0.2) is 4.98 Å². The van der Waals surface area contributed by atoms with Gasteiger partial charge in [0.05, 0.1) is 4.92 Å². The number of halogens is 3. The van der Waals surface area contributed by atoms with Gasteiger partial charge in [0.2, 0.25) is 0 Å². The first kappa shape index (κ1) is 14.6. The fourth-order valence-electron chi connectivity index (χ4n) is 1.67. The molecule has 0 bridgehead atoms. The number of nitrogen functional groups attached to an aromatic ring is 1. The maximum absolute atomic E-state index is 12.2. The van der Waals surface area contributed by atoms with Crippen molar-refractivity contribution >= 4 is 11.5 Å². The van der Waals surface area contributed by atoms with Gasteiger partial charge in [0, 0.05) is 11.6 Å². The van der Waals surface area contributed by atoms with E-state index >= 15 is 0 Å². The van der Waals surface area contributed by atoms with E-state index in [0.29, 0.717) is 0 Å². The number of alkyl halides is 3. The molecule has 0 radical (unpaired) electrons. The lowest BCUT2D eigenvalue weighted by Gasteiger charge is -2.10. The molecule has 9 heteroatoms. The third kappa shape index (κ3) is 3.59. The van der Waals surface area contributed by atoms with Crippen LogP contribution in [0.5, 0.6) is 5.75 Å². The largest absolute Gasteiger partial charge is 0.573 e. The molecule has 21 heavy (non-hydrogen) atoms. The van der Waals surface area contributed by atoms with Crippen molar-refractivity contribution in [3.63, 3.8) is 0 Å². The van der Waals surface area contributed by atoms with Gasteiger partial charge in [-0.3, -0.25) is 10.1 Å². The van der Waals surface area contributed by atoms with E-state index in [9.17, 15) is 23.3 Å². The molecule has 0 unspecified atom stereocenters.